The molecule has 24 heavy (non-hydrogen) atoms. The molecular formula is C19H24N2O3. The summed E-state index contributed by atoms with van der Waals surface area (Å²) in [4.78, 5) is 11.6. The molecule has 3 N–H and O–H groups in total. The van der Waals surface area contributed by atoms with Gasteiger partial charge in [-0.1, -0.05) is 55.5 Å². The van der Waals surface area contributed by atoms with Crippen LogP contribution in [-0.2, 0) is 17.0 Å². The van der Waals surface area contributed by atoms with Gasteiger partial charge in [-0.05, 0) is 30.5 Å². The van der Waals surface area contributed by atoms with Crippen molar-refractivity contribution < 1.29 is 14.6 Å². The summed E-state index contributed by atoms with van der Waals surface area (Å²) in [5.74, 6) is 0. The highest BCUT2D eigenvalue weighted by molar-refractivity contribution is 5.85. The number of rotatable bonds is 7. The van der Waals surface area contributed by atoms with Gasteiger partial charge in [0.15, 0.2) is 0 Å². The average Bonchev–Trinajstić information content (AvgIpc) is 2.61. The lowest BCUT2D eigenvalue weighted by Gasteiger charge is -2.29. The first-order valence-corrected chi connectivity index (χ1v) is 8.13. The number of hydrogen-bond donors (Lipinski definition) is 3. The van der Waals surface area contributed by atoms with Gasteiger partial charge in [0.25, 0.3) is 0 Å². The first-order chi connectivity index (χ1) is 11.6. The second-order valence-corrected chi connectivity index (χ2v) is 5.44. The average molecular weight is 328 g/mol. The monoisotopic (exact) mass is 328 g/mol. The molecular weight excluding hydrogens is 304 g/mol. The molecule has 2 aromatic carbocycles. The number of hydrogen-bond acceptors (Lipinski definition) is 4. The lowest BCUT2D eigenvalue weighted by molar-refractivity contribution is -0.00564. The molecule has 2 rings (SSSR count). The van der Waals surface area contributed by atoms with Crippen LogP contribution in [0, 0.1) is 0 Å². The van der Waals surface area contributed by atoms with Crippen LogP contribution in [0.15, 0.2) is 54.6 Å². The predicted molar refractivity (Wildman–Crippen MR) is 94.6 cm³/mol. The van der Waals surface area contributed by atoms with Gasteiger partial charge in [0.05, 0.1) is 6.61 Å². The molecule has 0 aliphatic rings. The van der Waals surface area contributed by atoms with E-state index in [-0.39, 0.29) is 0 Å². The number of benzene rings is 2. The van der Waals surface area contributed by atoms with Gasteiger partial charge in [0.1, 0.15) is 5.72 Å². The van der Waals surface area contributed by atoms with Gasteiger partial charge < -0.3 is 9.84 Å². The third kappa shape index (κ3) is 4.57. The molecule has 0 saturated heterocycles. The van der Waals surface area contributed by atoms with E-state index in [0.717, 1.165) is 11.1 Å². The van der Waals surface area contributed by atoms with E-state index in [9.17, 15) is 9.90 Å². The van der Waals surface area contributed by atoms with Crippen LogP contribution in [0.25, 0.3) is 0 Å². The second kappa shape index (κ2) is 8.47. The third-order valence-electron chi connectivity index (χ3n) is 3.86. The van der Waals surface area contributed by atoms with Crippen molar-refractivity contribution in [2.45, 2.75) is 32.5 Å². The summed E-state index contributed by atoms with van der Waals surface area (Å²) in [5, 5.41) is 16.8. The van der Waals surface area contributed by atoms with Crippen molar-refractivity contribution >= 4 is 11.8 Å². The summed E-state index contributed by atoms with van der Waals surface area (Å²) in [6, 6.07) is 16.9. The lowest BCUT2D eigenvalue weighted by atomic mass is 9.99. The highest BCUT2D eigenvalue weighted by atomic mass is 16.5. The summed E-state index contributed by atoms with van der Waals surface area (Å²) >= 11 is 0. The molecule has 0 aliphatic heterocycles. The maximum Gasteiger partial charge on any atom is 0.411 e. The Balaban J connectivity index is 2.12. The molecule has 1 unspecified atom stereocenters. The molecule has 1 amide bonds. The Morgan fingerprint density at radius 3 is 2.42 bits per heavy atom. The number of amides is 1. The van der Waals surface area contributed by atoms with Gasteiger partial charge in [-0.2, -0.15) is 0 Å². The Bertz CT molecular complexity index is 661. The number of carbonyl (C=O) groups is 1. The molecule has 0 aliphatic carbocycles. The molecule has 1 atom stereocenters. The van der Waals surface area contributed by atoms with Crippen molar-refractivity contribution in [1.82, 2.24) is 5.32 Å². The van der Waals surface area contributed by atoms with E-state index in [0.29, 0.717) is 25.3 Å². The van der Waals surface area contributed by atoms with Crippen LogP contribution in [0.5, 0.6) is 0 Å². The molecule has 0 radical (unpaired) electrons. The van der Waals surface area contributed by atoms with Crippen molar-refractivity contribution in [3.8, 4) is 0 Å². The zero-order valence-electron chi connectivity index (χ0n) is 14.1. The number of nitrogens with one attached hydrogen (secondary N) is 2. The zero-order valence-corrected chi connectivity index (χ0v) is 14.1. The minimum atomic E-state index is -1.13. The van der Waals surface area contributed by atoms with Crippen LogP contribution in [0.1, 0.15) is 31.4 Å². The predicted octanol–water partition coefficient (Wildman–Crippen LogP) is 3.60. The maximum absolute atomic E-state index is 11.6. The van der Waals surface area contributed by atoms with Crippen molar-refractivity contribution in [1.29, 1.82) is 0 Å². The largest absolute Gasteiger partial charge is 0.450 e. The highest BCUT2D eigenvalue weighted by Crippen LogP contribution is 2.23. The first-order valence-electron chi connectivity index (χ1n) is 8.13. The van der Waals surface area contributed by atoms with Crippen LogP contribution in [0.2, 0.25) is 0 Å². The second-order valence-electron chi connectivity index (χ2n) is 5.44. The Morgan fingerprint density at radius 1 is 1.08 bits per heavy atom. The molecule has 0 aromatic heterocycles. The molecule has 128 valence electrons. The Kier molecular flexibility index (Phi) is 6.35. The molecule has 2 aromatic rings. The molecule has 5 heteroatoms. The SMILES string of the molecule is CCOC(=O)Nc1ccccc1CNC(O)(CC)c1ccccc1. The number of ether oxygens (including phenoxy) is 1. The zero-order chi connectivity index (χ0) is 17.4. The minimum absolute atomic E-state index is 0.315. The summed E-state index contributed by atoms with van der Waals surface area (Å²) in [5.41, 5.74) is 1.21. The van der Waals surface area contributed by atoms with E-state index in [1.165, 1.54) is 0 Å². The fourth-order valence-corrected chi connectivity index (χ4v) is 2.46. The number of carbonyl (C=O) groups excluding carboxylic acids is 1. The number of para-hydroxylation sites is 1. The molecule has 0 bridgehead atoms. The third-order valence-corrected chi connectivity index (χ3v) is 3.86. The van der Waals surface area contributed by atoms with Gasteiger partial charge >= 0.3 is 6.09 Å². The van der Waals surface area contributed by atoms with Crippen LogP contribution < -0.4 is 10.6 Å². The van der Waals surface area contributed by atoms with Gasteiger partial charge in [-0.25, -0.2) is 4.79 Å². The summed E-state index contributed by atoms with van der Waals surface area (Å²) in [6.07, 6.45) is 0.0311. The van der Waals surface area contributed by atoms with Crippen molar-refractivity contribution in [3.05, 3.63) is 65.7 Å². The molecule has 0 fully saturated rings. The number of anilines is 1. The van der Waals surface area contributed by atoms with Gasteiger partial charge in [0.2, 0.25) is 0 Å². The van der Waals surface area contributed by atoms with Crippen molar-refractivity contribution in [3.63, 3.8) is 0 Å². The maximum atomic E-state index is 11.6. The first kappa shape index (κ1) is 18.0. The van der Waals surface area contributed by atoms with E-state index < -0.39 is 11.8 Å². The lowest BCUT2D eigenvalue weighted by Crippen LogP contribution is -2.41. The summed E-state index contributed by atoms with van der Waals surface area (Å²) < 4.78 is 4.92. The highest BCUT2D eigenvalue weighted by Gasteiger charge is 2.26. The van der Waals surface area contributed by atoms with E-state index in [1.54, 1.807) is 13.0 Å². The fraction of sp³-hybridized carbons (Fsp3) is 0.316. The van der Waals surface area contributed by atoms with E-state index in [2.05, 4.69) is 10.6 Å². The van der Waals surface area contributed by atoms with Crippen LogP contribution >= 0.6 is 0 Å². The molecule has 0 spiro atoms. The smallest absolute Gasteiger partial charge is 0.411 e. The topological polar surface area (TPSA) is 70.6 Å². The van der Waals surface area contributed by atoms with Gasteiger partial charge in [-0.15, -0.1) is 0 Å². The van der Waals surface area contributed by atoms with E-state index >= 15 is 0 Å². The van der Waals surface area contributed by atoms with E-state index in [1.807, 2.05) is 55.5 Å². The number of aliphatic hydroxyl groups is 1. The molecule has 0 heterocycles. The standard InChI is InChI=1S/C19H24N2O3/c1-3-19(23,16-11-6-5-7-12-16)20-14-15-10-8-9-13-17(15)21-18(22)24-4-2/h5-13,20,23H,3-4,14H2,1-2H3,(H,21,22). The normalized spacial score (nSPS) is 13.1. The van der Waals surface area contributed by atoms with Crippen LogP contribution in [-0.4, -0.2) is 17.8 Å². The molecule has 5 nitrogen and oxygen atoms in total. The van der Waals surface area contributed by atoms with Crippen molar-refractivity contribution in [2.24, 2.45) is 0 Å². The minimum Gasteiger partial charge on any atom is -0.450 e. The van der Waals surface area contributed by atoms with Gasteiger partial charge in [-0.3, -0.25) is 10.6 Å². The quantitative estimate of drug-likeness (QED) is 0.679. The van der Waals surface area contributed by atoms with Gasteiger partial charge in [0, 0.05) is 12.2 Å². The Hall–Kier alpha value is -2.37. The summed E-state index contributed by atoms with van der Waals surface area (Å²) in [6.45, 7) is 4.40. The molecule has 0 saturated carbocycles. The van der Waals surface area contributed by atoms with Crippen molar-refractivity contribution in [2.75, 3.05) is 11.9 Å². The summed E-state index contributed by atoms with van der Waals surface area (Å²) in [7, 11) is 0. The Labute approximate surface area is 142 Å². The van der Waals surface area contributed by atoms with Crippen LogP contribution in [0.4, 0.5) is 10.5 Å². The van der Waals surface area contributed by atoms with E-state index in [4.69, 9.17) is 4.74 Å². The fourth-order valence-electron chi connectivity index (χ4n) is 2.46. The van der Waals surface area contributed by atoms with Crippen LogP contribution in [0.3, 0.4) is 0 Å². The Morgan fingerprint density at radius 2 is 1.75 bits per heavy atom.